The molecule has 2 aromatic carbocycles. The van der Waals surface area contributed by atoms with Crippen molar-refractivity contribution in [2.75, 3.05) is 40.0 Å². The minimum atomic E-state index is -4.09. The lowest BCUT2D eigenvalue weighted by atomic mass is 9.95. The van der Waals surface area contributed by atoms with Crippen molar-refractivity contribution in [2.24, 2.45) is 0 Å². The first kappa shape index (κ1) is 28.6. The lowest BCUT2D eigenvalue weighted by molar-refractivity contribution is -0.133. The Hall–Kier alpha value is -3.39. The Labute approximate surface area is 227 Å². The Kier molecular flexibility index (Phi) is 9.28. The van der Waals surface area contributed by atoms with Gasteiger partial charge in [-0.2, -0.15) is 4.80 Å². The number of carbonyl (C=O) groups excluding carboxylic acids is 1. The summed E-state index contributed by atoms with van der Waals surface area (Å²) in [6, 6.07) is 13.9. The van der Waals surface area contributed by atoms with Gasteiger partial charge in [-0.25, -0.2) is 13.9 Å². The average molecular weight is 559 g/mol. The predicted molar refractivity (Wildman–Crippen MR) is 142 cm³/mol. The zero-order chi connectivity index (χ0) is 27.9. The number of hydrogen-bond donors (Lipinski definition) is 2. The first-order valence-corrected chi connectivity index (χ1v) is 14.3. The molecule has 1 fully saturated rings. The fraction of sp³-hybridized carbons (Fsp3) is 0.462. The summed E-state index contributed by atoms with van der Waals surface area (Å²) >= 11 is 0. The van der Waals surface area contributed by atoms with Gasteiger partial charge in [0, 0.05) is 38.7 Å². The largest absolute Gasteiger partial charge is 0.494 e. The summed E-state index contributed by atoms with van der Waals surface area (Å²) < 4.78 is 36.3. The molecule has 1 aliphatic rings. The fourth-order valence-electron chi connectivity index (χ4n) is 4.57. The number of carbonyl (C=O) groups is 1. The Balaban J connectivity index is 1.33. The molecule has 1 aromatic heterocycles. The maximum atomic E-state index is 13.6. The highest BCUT2D eigenvalue weighted by molar-refractivity contribution is 7.93. The third-order valence-corrected chi connectivity index (χ3v) is 9.49. The third-order valence-electron chi connectivity index (χ3n) is 6.97. The molecular weight excluding hydrogens is 524 g/mol. The topological polar surface area (TPSA) is 149 Å². The molecule has 1 aliphatic heterocycles. The number of hydrogen-bond acceptors (Lipinski definition) is 10. The van der Waals surface area contributed by atoms with Gasteiger partial charge in [0.25, 0.3) is 5.91 Å². The Morgan fingerprint density at radius 1 is 1.05 bits per heavy atom. The van der Waals surface area contributed by atoms with Gasteiger partial charge in [0.2, 0.25) is 5.82 Å². The van der Waals surface area contributed by atoms with Crippen LogP contribution in [0.4, 0.5) is 0 Å². The zero-order valence-corrected chi connectivity index (χ0v) is 22.9. The van der Waals surface area contributed by atoms with E-state index in [2.05, 4.69) is 15.4 Å². The smallest absolute Gasteiger partial charge is 0.265 e. The van der Waals surface area contributed by atoms with Crippen LogP contribution < -0.4 is 10.2 Å². The van der Waals surface area contributed by atoms with Crippen LogP contribution in [0.1, 0.15) is 24.8 Å². The summed E-state index contributed by atoms with van der Waals surface area (Å²) in [6.45, 7) is 4.82. The van der Waals surface area contributed by atoms with Crippen LogP contribution in [0.3, 0.4) is 0 Å². The van der Waals surface area contributed by atoms with Crippen LogP contribution in [0, 0.1) is 6.92 Å². The number of ether oxygens (including phenoxy) is 2. The second-order valence-electron chi connectivity index (χ2n) is 9.52. The van der Waals surface area contributed by atoms with Crippen LogP contribution in [-0.4, -0.2) is 89.3 Å². The summed E-state index contributed by atoms with van der Waals surface area (Å²) in [5, 5.41) is 21.9. The van der Waals surface area contributed by atoms with E-state index >= 15 is 0 Å². The van der Waals surface area contributed by atoms with Crippen LogP contribution in [0.5, 0.6) is 5.75 Å². The van der Waals surface area contributed by atoms with Crippen molar-refractivity contribution >= 4 is 15.7 Å². The number of likely N-dealkylation sites (tertiary alicyclic amines) is 1. The van der Waals surface area contributed by atoms with Crippen molar-refractivity contribution in [1.82, 2.24) is 30.6 Å². The van der Waals surface area contributed by atoms with E-state index in [9.17, 15) is 18.4 Å². The number of hydroxylamine groups is 1. The van der Waals surface area contributed by atoms with Crippen LogP contribution >= 0.6 is 0 Å². The van der Waals surface area contributed by atoms with E-state index in [4.69, 9.17) is 9.47 Å². The van der Waals surface area contributed by atoms with Gasteiger partial charge in [0.05, 0.1) is 24.7 Å². The second-order valence-corrected chi connectivity index (χ2v) is 11.8. The number of nitrogens with zero attached hydrogens (tertiary/aromatic N) is 5. The van der Waals surface area contributed by atoms with Gasteiger partial charge < -0.3 is 14.4 Å². The standard InChI is InChI=1S/C26H34N6O6S/c1-20-4-6-21(7-5-20)24-27-30-32(28-24)14-3-18-38-22-8-10-23(11-9-22)39(35,36)26(25(33)29-34)12-15-31(16-13-26)17-19-37-2/h4-11,34H,3,12-19H2,1-2H3,(H,29,33). The molecular formula is C26H34N6O6S. The van der Waals surface area contributed by atoms with E-state index in [1.54, 1.807) is 24.7 Å². The Morgan fingerprint density at radius 3 is 2.38 bits per heavy atom. The molecule has 0 saturated carbocycles. The number of rotatable bonds is 12. The Bertz CT molecular complexity index is 1340. The summed E-state index contributed by atoms with van der Waals surface area (Å²) in [4.78, 5) is 16.2. The van der Waals surface area contributed by atoms with Gasteiger partial charge in [-0.3, -0.25) is 10.0 Å². The first-order chi connectivity index (χ1) is 18.8. The molecule has 1 amide bonds. The van der Waals surface area contributed by atoms with Crippen molar-refractivity contribution in [3.63, 3.8) is 0 Å². The van der Waals surface area contributed by atoms with Crippen molar-refractivity contribution in [2.45, 2.75) is 42.4 Å². The van der Waals surface area contributed by atoms with E-state index in [0.29, 0.717) is 57.4 Å². The Morgan fingerprint density at radius 2 is 1.74 bits per heavy atom. The lowest BCUT2D eigenvalue weighted by Gasteiger charge is -2.39. The molecule has 1 saturated heterocycles. The SMILES string of the molecule is COCCN1CCC(C(=O)NO)(S(=O)(=O)c2ccc(OCCCn3nnc(-c4ccc(C)cc4)n3)cc2)CC1. The molecule has 2 N–H and O–H groups in total. The summed E-state index contributed by atoms with van der Waals surface area (Å²) in [5.74, 6) is 0.137. The van der Waals surface area contributed by atoms with Crippen LogP contribution in [0.2, 0.25) is 0 Å². The molecule has 4 rings (SSSR count). The zero-order valence-electron chi connectivity index (χ0n) is 22.1. The molecule has 0 aliphatic carbocycles. The molecule has 0 unspecified atom stereocenters. The number of methoxy groups -OCH3 is 1. The number of sulfone groups is 1. The van der Waals surface area contributed by atoms with Crippen molar-refractivity contribution in [3.05, 3.63) is 54.1 Å². The molecule has 0 bridgehead atoms. The second kappa shape index (κ2) is 12.6. The molecule has 210 valence electrons. The molecule has 2 heterocycles. The monoisotopic (exact) mass is 558 g/mol. The first-order valence-electron chi connectivity index (χ1n) is 12.8. The lowest BCUT2D eigenvalue weighted by Crippen LogP contribution is -2.57. The minimum absolute atomic E-state index is 0.000702. The quantitative estimate of drug-likeness (QED) is 0.192. The van der Waals surface area contributed by atoms with Crippen molar-refractivity contribution in [3.8, 4) is 17.1 Å². The summed E-state index contributed by atoms with van der Waals surface area (Å²) in [7, 11) is -2.49. The predicted octanol–water partition coefficient (Wildman–Crippen LogP) is 1.88. The highest BCUT2D eigenvalue weighted by Gasteiger charge is 2.52. The normalized spacial score (nSPS) is 15.7. The highest BCUT2D eigenvalue weighted by Crippen LogP contribution is 2.36. The number of aryl methyl sites for hydroxylation is 2. The summed E-state index contributed by atoms with van der Waals surface area (Å²) in [5.41, 5.74) is 3.63. The molecule has 0 radical (unpaired) electrons. The van der Waals surface area contributed by atoms with E-state index in [-0.39, 0.29) is 17.7 Å². The van der Waals surface area contributed by atoms with E-state index in [1.807, 2.05) is 36.1 Å². The maximum absolute atomic E-state index is 13.6. The maximum Gasteiger partial charge on any atom is 0.265 e. The van der Waals surface area contributed by atoms with Crippen LogP contribution in [0.15, 0.2) is 53.4 Å². The van der Waals surface area contributed by atoms with E-state index < -0.39 is 20.5 Å². The van der Waals surface area contributed by atoms with Crippen LogP contribution in [-0.2, 0) is 25.9 Å². The average Bonchev–Trinajstić information content (AvgIpc) is 3.43. The highest BCUT2D eigenvalue weighted by atomic mass is 32.2. The van der Waals surface area contributed by atoms with Gasteiger partial charge >= 0.3 is 0 Å². The molecule has 39 heavy (non-hydrogen) atoms. The molecule has 13 heteroatoms. The summed E-state index contributed by atoms with van der Waals surface area (Å²) in [6.07, 6.45) is 0.736. The molecule has 3 aromatic rings. The number of nitrogens with one attached hydrogen (secondary N) is 1. The van der Waals surface area contributed by atoms with E-state index in [0.717, 1.165) is 11.1 Å². The fourth-order valence-corrected chi connectivity index (χ4v) is 6.53. The number of piperidine rings is 1. The molecule has 0 spiro atoms. The minimum Gasteiger partial charge on any atom is -0.494 e. The van der Waals surface area contributed by atoms with Gasteiger partial charge in [-0.1, -0.05) is 29.8 Å². The number of amides is 1. The van der Waals surface area contributed by atoms with Crippen molar-refractivity contribution in [1.29, 1.82) is 0 Å². The van der Waals surface area contributed by atoms with Gasteiger partial charge in [-0.15, -0.1) is 10.2 Å². The third kappa shape index (κ3) is 6.44. The number of aromatic nitrogens is 4. The van der Waals surface area contributed by atoms with Crippen LogP contribution in [0.25, 0.3) is 11.4 Å². The van der Waals surface area contributed by atoms with Gasteiger partial charge in [-0.05, 0) is 49.2 Å². The van der Waals surface area contributed by atoms with Gasteiger partial charge in [0.1, 0.15) is 5.75 Å². The molecule has 12 nitrogen and oxygen atoms in total. The van der Waals surface area contributed by atoms with Crippen molar-refractivity contribution < 1.29 is 27.9 Å². The molecule has 0 atom stereocenters. The number of benzene rings is 2. The van der Waals surface area contributed by atoms with Gasteiger partial charge in [0.15, 0.2) is 14.6 Å². The number of tetrazole rings is 1. The van der Waals surface area contributed by atoms with E-state index in [1.165, 1.54) is 16.9 Å².